The largest absolute Gasteiger partial charge is 0.534 e. The lowest BCUT2D eigenvalue weighted by atomic mass is 9.42. The first-order chi connectivity index (χ1) is 41.2. The van der Waals surface area contributed by atoms with E-state index in [1.807, 2.05) is 13.0 Å². The number of hydrogen-bond acceptors (Lipinski definition) is 7. The van der Waals surface area contributed by atoms with Gasteiger partial charge in [-0.2, -0.15) is 30.4 Å². The molecule has 3 atom stereocenters. The molecule has 0 saturated carbocycles. The van der Waals surface area contributed by atoms with Gasteiger partial charge in [-0.3, -0.25) is 4.98 Å². The van der Waals surface area contributed by atoms with E-state index in [1.165, 1.54) is 55.3 Å². The second-order valence-electron chi connectivity index (χ2n) is 24.0. The van der Waals surface area contributed by atoms with E-state index < -0.39 is 90.8 Å². The molecule has 3 unspecified atom stereocenters. The molecular weight excluding hydrogens is 1240 g/mol. The maximum atomic E-state index is 14.9. The molecule has 7 nitrogen and oxygen atoms in total. The molecule has 3 aromatic heterocycles. The highest BCUT2D eigenvalue weighted by Gasteiger charge is 2.50. The number of hydrogen-bond donors (Lipinski definition) is 0. The van der Waals surface area contributed by atoms with E-state index in [0.717, 1.165) is 92.9 Å². The van der Waals surface area contributed by atoms with Crippen molar-refractivity contribution in [2.75, 3.05) is 0 Å². The van der Waals surface area contributed by atoms with Crippen LogP contribution in [0, 0.1) is 75.1 Å². The fourth-order valence-corrected chi connectivity index (χ4v) is 12.1. The summed E-state index contributed by atoms with van der Waals surface area (Å²) in [6, 6.07) is 5.29. The summed E-state index contributed by atoms with van der Waals surface area (Å²) in [5.41, 5.74) is -3.11. The van der Waals surface area contributed by atoms with Gasteiger partial charge in [0.1, 0.15) is 40.2 Å². The lowest BCUT2D eigenvalue weighted by Crippen LogP contribution is -2.28. The molecule has 3 aliphatic carbocycles. The Morgan fingerprint density at radius 3 is 1.40 bits per heavy atom. The zero-order valence-electron chi connectivity index (χ0n) is 49.9. The van der Waals surface area contributed by atoms with Crippen LogP contribution in [0.1, 0.15) is 161 Å². The number of alkyl halides is 5. The number of benzene rings is 2. The van der Waals surface area contributed by atoms with Crippen molar-refractivity contribution in [1.29, 1.82) is 0 Å². The molecule has 1 saturated heterocycles. The van der Waals surface area contributed by atoms with Crippen LogP contribution < -0.4 is 10.2 Å². The summed E-state index contributed by atoms with van der Waals surface area (Å²) in [7, 11) is -5.50. The number of allylic oxidation sites excluding steroid dienone is 6. The summed E-state index contributed by atoms with van der Waals surface area (Å²) >= 11 is 11.2. The SMILES string of the molecule is CC1(C)CB(c2cnc(Cl)c(F)c2)CC1(C)C.CCCC1CC=C(OS(=O)(=O)C(F)(F)F)CC1.CCCC1CC=C(c2cnc(-c3cc(F)c(C(F)(F)Oc4cc(F)c(F)c(F)c4)c(F)c3)c(F)c2)CC1.CCCC1CC=C(c2cnc(Cl)c(F)c2)CC1. The molecular formula is C64H71BCl2F13N3O4S. The lowest BCUT2D eigenvalue weighted by molar-refractivity contribution is -0.189. The fourth-order valence-electron chi connectivity index (χ4n) is 11.4. The lowest BCUT2D eigenvalue weighted by Gasteiger charge is -2.35. The third-order valence-electron chi connectivity index (χ3n) is 16.9. The number of ether oxygens (including phenoxy) is 1. The smallest absolute Gasteiger partial charge is 0.429 e. The third kappa shape index (κ3) is 18.8. The number of halogens is 15. The van der Waals surface area contributed by atoms with Gasteiger partial charge >= 0.3 is 21.7 Å². The first-order valence-corrected chi connectivity index (χ1v) is 31.4. The topological polar surface area (TPSA) is 91.3 Å². The maximum Gasteiger partial charge on any atom is 0.534 e. The summed E-state index contributed by atoms with van der Waals surface area (Å²) in [6.45, 7) is 15.9. The minimum absolute atomic E-state index is 0.0368. The van der Waals surface area contributed by atoms with Crippen LogP contribution in [0.5, 0.6) is 5.75 Å². The van der Waals surface area contributed by atoms with Gasteiger partial charge in [0.25, 0.3) is 0 Å². The van der Waals surface area contributed by atoms with Gasteiger partial charge in [-0.05, 0) is 139 Å². The van der Waals surface area contributed by atoms with Gasteiger partial charge in [0.2, 0.25) is 0 Å². The van der Waals surface area contributed by atoms with E-state index in [1.54, 1.807) is 12.4 Å². The van der Waals surface area contributed by atoms with E-state index in [4.69, 9.17) is 23.2 Å². The highest BCUT2D eigenvalue weighted by atomic mass is 35.5. The Labute approximate surface area is 516 Å². The van der Waals surface area contributed by atoms with Gasteiger partial charge in [0.05, 0.1) is 0 Å². The van der Waals surface area contributed by atoms with Crippen molar-refractivity contribution in [1.82, 2.24) is 15.0 Å². The zero-order chi connectivity index (χ0) is 65.1. The van der Waals surface area contributed by atoms with Crippen LogP contribution in [-0.4, -0.2) is 35.6 Å². The Morgan fingerprint density at radius 1 is 0.557 bits per heavy atom. The van der Waals surface area contributed by atoms with Gasteiger partial charge < -0.3 is 8.92 Å². The molecule has 5 aromatic rings. The predicted molar refractivity (Wildman–Crippen MR) is 318 cm³/mol. The van der Waals surface area contributed by atoms with Crippen LogP contribution in [0.2, 0.25) is 22.9 Å². The Balaban J connectivity index is 0.000000203. The Bertz CT molecular complexity index is 3390. The van der Waals surface area contributed by atoms with Crippen molar-refractivity contribution < 1.29 is 74.4 Å². The Kier molecular flexibility index (Phi) is 24.7. The summed E-state index contributed by atoms with van der Waals surface area (Å²) in [5, 5.41) is -0.0840. The minimum Gasteiger partial charge on any atom is -0.429 e. The van der Waals surface area contributed by atoms with Crippen molar-refractivity contribution in [2.24, 2.45) is 28.6 Å². The van der Waals surface area contributed by atoms with E-state index in [2.05, 4.69) is 71.5 Å². The van der Waals surface area contributed by atoms with Gasteiger partial charge in [-0.15, -0.1) is 0 Å². The summed E-state index contributed by atoms with van der Waals surface area (Å²) < 4.78 is 205. The zero-order valence-corrected chi connectivity index (χ0v) is 52.2. The molecule has 0 radical (unpaired) electrons. The van der Waals surface area contributed by atoms with E-state index in [-0.39, 0.29) is 45.4 Å². The first-order valence-electron chi connectivity index (χ1n) is 29.3. The molecule has 4 aliphatic rings. The number of pyridine rings is 3. The molecule has 88 heavy (non-hydrogen) atoms. The monoisotopic (exact) mass is 1310 g/mol. The van der Waals surface area contributed by atoms with Crippen molar-refractivity contribution in [2.45, 2.75) is 169 Å². The van der Waals surface area contributed by atoms with Gasteiger partial charge in [-0.1, -0.05) is 140 Å². The Hall–Kier alpha value is -5.61. The fraction of sp³-hybridized carbons (Fsp3) is 0.484. The average molecular weight is 1310 g/mol. The second kappa shape index (κ2) is 30.5. The second-order valence-corrected chi connectivity index (χ2v) is 26.3. The first kappa shape index (κ1) is 71.5. The predicted octanol–water partition coefficient (Wildman–Crippen LogP) is 20.5. The molecule has 480 valence electrons. The van der Waals surface area contributed by atoms with Crippen LogP contribution in [0.25, 0.3) is 22.4 Å². The van der Waals surface area contributed by atoms with Gasteiger partial charge in [0.15, 0.2) is 46.1 Å². The highest BCUT2D eigenvalue weighted by molar-refractivity contribution is 7.87. The van der Waals surface area contributed by atoms with Crippen LogP contribution in [0.15, 0.2) is 85.0 Å². The molecule has 24 heteroatoms. The Morgan fingerprint density at radius 2 is 0.989 bits per heavy atom. The highest BCUT2D eigenvalue weighted by Crippen LogP contribution is 2.53. The van der Waals surface area contributed by atoms with Crippen molar-refractivity contribution in [3.8, 4) is 17.0 Å². The van der Waals surface area contributed by atoms with Crippen molar-refractivity contribution in [3.63, 3.8) is 0 Å². The molecule has 0 N–H and O–H groups in total. The van der Waals surface area contributed by atoms with Gasteiger partial charge in [-0.25, -0.2) is 45.1 Å². The van der Waals surface area contributed by atoms with Crippen LogP contribution in [0.3, 0.4) is 0 Å². The standard InChI is InChI=1S/C27H21F8NO.C14H17ClFN.C13H18BClFN.C10H15F3O3S/c1-2-3-14-4-6-15(7-5-14)17-10-23(32)26(36-13-17)16-8-19(28)24(20(29)9-16)27(34,35)37-18-11-21(30)25(33)22(31)12-18;1-2-3-10-4-6-11(7-5-10)12-8-13(16)14(15)17-9-12;1-12(2)7-14(8-13(12,3)4)9-5-10(16)11(15)17-6-9;1-2-3-8-4-6-9(7-5-8)16-17(14,15)10(11,12)13/h6,8-14H,2-5,7H2,1H3;6,8-10H,2-5,7H2,1H3;5-6H,7-8H2,1-4H3;6,8H,2-5,7H2,1H3. The quantitative estimate of drug-likeness (QED) is 0.0257. The molecule has 1 aliphatic heterocycles. The van der Waals surface area contributed by atoms with Crippen molar-refractivity contribution in [3.05, 3.63) is 159 Å². The molecule has 1 fully saturated rings. The van der Waals surface area contributed by atoms with E-state index in [0.29, 0.717) is 49.1 Å². The van der Waals surface area contributed by atoms with Crippen molar-refractivity contribution >= 4 is 56.6 Å². The normalized spacial score (nSPS) is 19.1. The molecule has 0 amide bonds. The molecule has 9 rings (SSSR count). The number of aromatic nitrogens is 3. The molecule has 0 bridgehead atoms. The minimum atomic E-state index is -5.50. The van der Waals surface area contributed by atoms with Crippen LogP contribution in [-0.2, 0) is 20.4 Å². The molecule has 4 heterocycles. The van der Waals surface area contributed by atoms with Crippen LogP contribution >= 0.6 is 23.2 Å². The van der Waals surface area contributed by atoms with E-state index in [9.17, 15) is 65.5 Å². The number of rotatable bonds is 15. The van der Waals surface area contributed by atoms with E-state index >= 15 is 0 Å². The third-order valence-corrected chi connectivity index (χ3v) is 18.5. The summed E-state index contributed by atoms with van der Waals surface area (Å²) in [6.07, 6.45) is 21.9. The van der Waals surface area contributed by atoms with Crippen LogP contribution in [0.4, 0.5) is 57.1 Å². The maximum absolute atomic E-state index is 14.9. The summed E-state index contributed by atoms with van der Waals surface area (Å²) in [5.74, 6) is -10.5. The molecule has 0 spiro atoms. The average Bonchev–Trinajstić information content (AvgIpc) is 3.63. The molecule has 2 aromatic carbocycles. The summed E-state index contributed by atoms with van der Waals surface area (Å²) in [4.78, 5) is 11.7. The number of nitrogens with zero attached hydrogens (tertiary/aromatic N) is 3. The van der Waals surface area contributed by atoms with Gasteiger partial charge in [0, 0.05) is 42.7 Å².